The number of aromatic hydroxyl groups is 1. The summed E-state index contributed by atoms with van der Waals surface area (Å²) in [5.74, 6) is -0.456. The largest absolute Gasteiger partial charge is 0.508 e. The van der Waals surface area contributed by atoms with Gasteiger partial charge in [0, 0.05) is 24.4 Å². The number of nitrogens with two attached hydrogens (primary N) is 1. The van der Waals surface area contributed by atoms with Crippen LogP contribution in [0, 0.1) is 6.92 Å². The minimum atomic E-state index is -1.27. The molecule has 2 aromatic rings. The summed E-state index contributed by atoms with van der Waals surface area (Å²) in [5, 5.41) is 25.0. The number of aryl methyl sites for hydroxylation is 1. The number of benzene rings is 2. The van der Waals surface area contributed by atoms with E-state index in [9.17, 15) is 19.8 Å². The number of amides is 3. The van der Waals surface area contributed by atoms with Crippen molar-refractivity contribution in [3.8, 4) is 5.75 Å². The van der Waals surface area contributed by atoms with Crippen molar-refractivity contribution in [2.24, 2.45) is 5.73 Å². The van der Waals surface area contributed by atoms with Crippen molar-refractivity contribution in [3.63, 3.8) is 0 Å². The van der Waals surface area contributed by atoms with E-state index in [4.69, 9.17) is 5.73 Å². The zero-order valence-electron chi connectivity index (χ0n) is 20.4. The third-order valence-electron chi connectivity index (χ3n) is 7.52. The summed E-state index contributed by atoms with van der Waals surface area (Å²) in [6, 6.07) is 14.1. The maximum Gasteiger partial charge on any atom is 0.318 e. The number of carbonyl (C=O) groups excluding carboxylic acids is 2. The smallest absolute Gasteiger partial charge is 0.318 e. The maximum absolute atomic E-state index is 12.9. The SMILES string of the molecule is CCCC1(O)C(C)N(CCc2ccccc2)CCC1(CC(=O)NC(N)=O)c1cc(O)ccc1C. The van der Waals surface area contributed by atoms with Gasteiger partial charge < -0.3 is 15.9 Å². The van der Waals surface area contributed by atoms with Crippen LogP contribution < -0.4 is 11.1 Å². The molecule has 1 aliphatic heterocycles. The van der Waals surface area contributed by atoms with E-state index in [0.717, 1.165) is 24.1 Å². The molecule has 7 heteroatoms. The van der Waals surface area contributed by atoms with Crippen LogP contribution in [0.25, 0.3) is 0 Å². The Morgan fingerprint density at radius 2 is 1.91 bits per heavy atom. The normalized spacial score (nSPS) is 25.1. The lowest BCUT2D eigenvalue weighted by molar-refractivity contribution is -0.150. The van der Waals surface area contributed by atoms with Crippen molar-refractivity contribution >= 4 is 11.9 Å². The number of aliphatic hydroxyl groups is 1. The number of hydrogen-bond acceptors (Lipinski definition) is 5. The van der Waals surface area contributed by atoms with Crippen LogP contribution in [0.5, 0.6) is 5.75 Å². The van der Waals surface area contributed by atoms with Crippen molar-refractivity contribution in [3.05, 3.63) is 65.2 Å². The summed E-state index contributed by atoms with van der Waals surface area (Å²) < 4.78 is 0. The van der Waals surface area contributed by atoms with E-state index in [2.05, 4.69) is 22.3 Å². The number of urea groups is 1. The standard InChI is InChI=1S/C27H37N3O4/c1-4-13-27(34)20(3)30(15-12-21-8-6-5-7-9-21)16-14-26(27,18-24(32)29-25(28)33)23-17-22(31)11-10-19(23)2/h5-11,17,20,31,34H,4,12-16,18H2,1-3H3,(H3,28,29,32,33). The second-order valence-electron chi connectivity index (χ2n) is 9.54. The Morgan fingerprint density at radius 3 is 2.56 bits per heavy atom. The molecule has 0 saturated carbocycles. The molecule has 0 spiro atoms. The second-order valence-corrected chi connectivity index (χ2v) is 9.54. The molecule has 184 valence electrons. The van der Waals surface area contributed by atoms with Crippen molar-refractivity contribution in [2.75, 3.05) is 13.1 Å². The number of imide groups is 1. The molecule has 3 rings (SSSR count). The Balaban J connectivity index is 2.03. The van der Waals surface area contributed by atoms with E-state index in [1.165, 1.54) is 5.56 Å². The van der Waals surface area contributed by atoms with Gasteiger partial charge in [-0.15, -0.1) is 0 Å². The number of likely N-dealkylation sites (tertiary alicyclic amines) is 1. The lowest BCUT2D eigenvalue weighted by Crippen LogP contribution is -2.68. The first-order valence-electron chi connectivity index (χ1n) is 12.0. The van der Waals surface area contributed by atoms with Crippen LogP contribution in [-0.2, 0) is 16.6 Å². The van der Waals surface area contributed by atoms with Gasteiger partial charge >= 0.3 is 6.03 Å². The van der Waals surface area contributed by atoms with Crippen molar-refractivity contribution in [2.45, 2.75) is 69.9 Å². The number of hydrogen-bond donors (Lipinski definition) is 4. The van der Waals surface area contributed by atoms with E-state index < -0.39 is 23.0 Å². The summed E-state index contributed by atoms with van der Waals surface area (Å²) >= 11 is 0. The third-order valence-corrected chi connectivity index (χ3v) is 7.52. The van der Waals surface area contributed by atoms with E-state index in [1.54, 1.807) is 18.2 Å². The molecule has 5 N–H and O–H groups in total. The van der Waals surface area contributed by atoms with Crippen molar-refractivity contribution in [1.82, 2.24) is 10.2 Å². The molecule has 0 aliphatic carbocycles. The molecule has 1 fully saturated rings. The molecule has 3 unspecified atom stereocenters. The molecular formula is C27H37N3O4. The fourth-order valence-electron chi connectivity index (χ4n) is 5.78. The molecule has 1 saturated heterocycles. The van der Waals surface area contributed by atoms with Gasteiger partial charge in [0.15, 0.2) is 0 Å². The average Bonchev–Trinajstić information content (AvgIpc) is 2.79. The summed E-state index contributed by atoms with van der Waals surface area (Å²) in [7, 11) is 0. The topological polar surface area (TPSA) is 116 Å². The van der Waals surface area contributed by atoms with Gasteiger partial charge in [0.1, 0.15) is 5.75 Å². The number of nitrogens with one attached hydrogen (secondary N) is 1. The van der Waals surface area contributed by atoms with Crippen LogP contribution in [0.4, 0.5) is 4.79 Å². The second kappa shape index (κ2) is 10.6. The monoisotopic (exact) mass is 467 g/mol. The minimum Gasteiger partial charge on any atom is -0.508 e. The van der Waals surface area contributed by atoms with E-state index in [-0.39, 0.29) is 18.2 Å². The average molecular weight is 468 g/mol. The van der Waals surface area contributed by atoms with Gasteiger partial charge in [-0.3, -0.25) is 15.0 Å². The Hall–Kier alpha value is -2.90. The molecule has 3 atom stereocenters. The highest BCUT2D eigenvalue weighted by Crippen LogP contribution is 2.51. The van der Waals surface area contributed by atoms with E-state index >= 15 is 0 Å². The molecule has 7 nitrogen and oxygen atoms in total. The van der Waals surface area contributed by atoms with Crippen molar-refractivity contribution < 1.29 is 19.8 Å². The quantitative estimate of drug-likeness (QED) is 0.475. The number of piperidine rings is 1. The van der Waals surface area contributed by atoms with Gasteiger partial charge in [-0.2, -0.15) is 0 Å². The molecule has 3 amide bonds. The summed E-state index contributed by atoms with van der Waals surface area (Å²) in [5.41, 5.74) is 5.80. The fraction of sp³-hybridized carbons (Fsp3) is 0.481. The lowest BCUT2D eigenvalue weighted by atomic mass is 9.56. The Labute approximate surface area is 202 Å². The highest BCUT2D eigenvalue weighted by Gasteiger charge is 2.59. The van der Waals surface area contributed by atoms with Gasteiger partial charge in [0.2, 0.25) is 5.91 Å². The molecule has 0 radical (unpaired) electrons. The Morgan fingerprint density at radius 1 is 1.21 bits per heavy atom. The maximum atomic E-state index is 12.9. The van der Waals surface area contributed by atoms with Crippen LogP contribution in [0.3, 0.4) is 0 Å². The number of phenols is 1. The minimum absolute atomic E-state index is 0.0771. The molecule has 1 heterocycles. The number of carbonyl (C=O) groups is 2. The van der Waals surface area contributed by atoms with Crippen molar-refractivity contribution in [1.29, 1.82) is 0 Å². The number of nitrogens with zero attached hydrogens (tertiary/aromatic N) is 1. The van der Waals surface area contributed by atoms with Gasteiger partial charge in [-0.25, -0.2) is 4.79 Å². The number of phenolic OH excluding ortho intramolecular Hbond substituents is 1. The van der Waals surface area contributed by atoms with Crippen LogP contribution in [0.1, 0.15) is 56.2 Å². The molecular weight excluding hydrogens is 430 g/mol. The summed E-state index contributed by atoms with van der Waals surface area (Å²) in [4.78, 5) is 26.6. The highest BCUT2D eigenvalue weighted by atomic mass is 16.3. The summed E-state index contributed by atoms with van der Waals surface area (Å²) in [6.07, 6.45) is 2.43. The highest BCUT2D eigenvalue weighted by molar-refractivity contribution is 5.94. The van der Waals surface area contributed by atoms with Crippen LogP contribution in [0.2, 0.25) is 0 Å². The predicted octanol–water partition coefficient (Wildman–Crippen LogP) is 3.39. The third kappa shape index (κ3) is 5.10. The molecule has 2 aromatic carbocycles. The number of rotatable bonds is 8. The molecule has 34 heavy (non-hydrogen) atoms. The van der Waals surface area contributed by atoms with E-state index in [0.29, 0.717) is 25.8 Å². The number of primary amides is 1. The van der Waals surface area contributed by atoms with Crippen LogP contribution in [0.15, 0.2) is 48.5 Å². The Kier molecular flexibility index (Phi) is 8.00. The first-order chi connectivity index (χ1) is 16.1. The summed E-state index contributed by atoms with van der Waals surface area (Å²) in [6.45, 7) is 7.38. The first-order valence-corrected chi connectivity index (χ1v) is 12.0. The molecule has 1 aliphatic rings. The first kappa shape index (κ1) is 25.7. The van der Waals surface area contributed by atoms with Gasteiger partial charge in [0.05, 0.1) is 5.60 Å². The van der Waals surface area contributed by atoms with Crippen LogP contribution in [-0.4, -0.2) is 51.8 Å². The zero-order valence-corrected chi connectivity index (χ0v) is 20.4. The predicted molar refractivity (Wildman–Crippen MR) is 133 cm³/mol. The van der Waals surface area contributed by atoms with E-state index in [1.807, 2.05) is 39.0 Å². The van der Waals surface area contributed by atoms with Gasteiger partial charge in [-0.05, 0) is 68.5 Å². The zero-order chi connectivity index (χ0) is 24.9. The molecule has 0 bridgehead atoms. The lowest BCUT2D eigenvalue weighted by Gasteiger charge is -2.58. The fourth-order valence-corrected chi connectivity index (χ4v) is 5.78. The Bertz CT molecular complexity index is 1010. The van der Waals surface area contributed by atoms with Gasteiger partial charge in [0.25, 0.3) is 0 Å². The van der Waals surface area contributed by atoms with Crippen LogP contribution >= 0.6 is 0 Å². The molecule has 0 aromatic heterocycles. The van der Waals surface area contributed by atoms with Gasteiger partial charge in [-0.1, -0.05) is 49.7 Å².